The molecule has 0 aromatic carbocycles. The quantitative estimate of drug-likeness (QED) is 0.434. The van der Waals surface area contributed by atoms with Crippen LogP contribution in [0, 0.1) is 35.0 Å². The SMILES string of the molecule is CC1=C/C(=C\[C@@H](C)[C@@H]2[C@H]3[C@]2(C)CC[C@]24C[C@]56OC(=O)[C@H](O)[C@H]5OC(C)(C)[C@@H]6C[C@H](O)[C@H]2C(=O)[C@@]3(O)O4)OC1=O. The highest BCUT2D eigenvalue weighted by Gasteiger charge is 2.83. The number of aliphatic hydroxyl groups excluding tert-OH is 2. The fourth-order valence-electron chi connectivity index (χ4n) is 9.72. The summed E-state index contributed by atoms with van der Waals surface area (Å²) in [4.78, 5) is 38.5. The molecule has 4 saturated heterocycles. The zero-order valence-electron chi connectivity index (χ0n) is 22.8. The van der Waals surface area contributed by atoms with Gasteiger partial charge in [-0.15, -0.1) is 0 Å². The maximum Gasteiger partial charge on any atom is 0.339 e. The minimum absolute atomic E-state index is 0.0461. The number of cyclic esters (lactones) is 1. The van der Waals surface area contributed by atoms with Crippen LogP contribution in [0.2, 0.25) is 0 Å². The van der Waals surface area contributed by atoms with E-state index in [2.05, 4.69) is 0 Å². The molecule has 6 fully saturated rings. The van der Waals surface area contributed by atoms with Crippen LogP contribution in [0.3, 0.4) is 0 Å². The number of hydrogen-bond donors (Lipinski definition) is 3. The molecule has 10 heteroatoms. The van der Waals surface area contributed by atoms with Crippen LogP contribution in [-0.2, 0) is 33.3 Å². The lowest BCUT2D eigenvalue weighted by atomic mass is 9.69. The van der Waals surface area contributed by atoms with Gasteiger partial charge in [0.15, 0.2) is 6.10 Å². The third kappa shape index (κ3) is 3.02. The molecule has 7 aliphatic rings. The van der Waals surface area contributed by atoms with E-state index in [0.717, 1.165) is 0 Å². The largest absolute Gasteiger partial charge is 0.454 e. The number of fused-ring (bicyclic) bond motifs is 3. The van der Waals surface area contributed by atoms with Crippen molar-refractivity contribution in [3.8, 4) is 0 Å². The van der Waals surface area contributed by atoms with Crippen molar-refractivity contribution >= 4 is 17.7 Å². The van der Waals surface area contributed by atoms with Gasteiger partial charge in [-0.25, -0.2) is 9.59 Å². The number of carbonyl (C=O) groups is 3. The predicted octanol–water partition coefficient (Wildman–Crippen LogP) is 1.30. The van der Waals surface area contributed by atoms with E-state index < -0.39 is 75.8 Å². The van der Waals surface area contributed by atoms with Crippen molar-refractivity contribution in [2.24, 2.45) is 35.0 Å². The molecule has 0 radical (unpaired) electrons. The average molecular weight is 545 g/mol. The second-order valence-corrected chi connectivity index (χ2v) is 13.9. The van der Waals surface area contributed by atoms with Gasteiger partial charge in [-0.05, 0) is 69.4 Å². The van der Waals surface area contributed by atoms with Crippen LogP contribution in [0.25, 0.3) is 0 Å². The maximum absolute atomic E-state index is 14.1. The number of Topliss-reactive ketones (excluding diaryl/α,β-unsaturated/α-hetero) is 1. The van der Waals surface area contributed by atoms with Crippen LogP contribution in [-0.4, -0.2) is 73.9 Å². The lowest BCUT2D eigenvalue weighted by molar-refractivity contribution is -0.244. The molecule has 2 saturated carbocycles. The van der Waals surface area contributed by atoms with Crippen LogP contribution >= 0.6 is 0 Å². The van der Waals surface area contributed by atoms with Crippen LogP contribution in [0.4, 0.5) is 0 Å². The summed E-state index contributed by atoms with van der Waals surface area (Å²) in [7, 11) is 0. The number of aliphatic hydroxyl groups is 3. The van der Waals surface area contributed by atoms with Gasteiger partial charge in [-0.3, -0.25) is 4.79 Å². The first-order valence-corrected chi connectivity index (χ1v) is 14.0. The van der Waals surface area contributed by atoms with Crippen molar-refractivity contribution in [1.29, 1.82) is 0 Å². The normalized spacial score (nSPS) is 54.6. The highest BCUT2D eigenvalue weighted by atomic mass is 16.7. The predicted molar refractivity (Wildman–Crippen MR) is 131 cm³/mol. The molecule has 2 aliphatic carbocycles. The minimum Gasteiger partial charge on any atom is -0.454 e. The van der Waals surface area contributed by atoms with Gasteiger partial charge in [0.05, 0.1) is 23.2 Å². The van der Waals surface area contributed by atoms with Crippen LogP contribution in [0.1, 0.15) is 60.3 Å². The van der Waals surface area contributed by atoms with Crippen LogP contribution in [0.5, 0.6) is 0 Å². The Morgan fingerprint density at radius 3 is 2.51 bits per heavy atom. The zero-order chi connectivity index (χ0) is 28.1. The lowest BCUT2D eigenvalue weighted by Crippen LogP contribution is -2.52. The van der Waals surface area contributed by atoms with Gasteiger partial charge in [0.25, 0.3) is 0 Å². The monoisotopic (exact) mass is 544 g/mol. The van der Waals surface area contributed by atoms with Gasteiger partial charge < -0.3 is 34.3 Å². The molecule has 3 N–H and O–H groups in total. The number of hydrogen-bond acceptors (Lipinski definition) is 10. The summed E-state index contributed by atoms with van der Waals surface area (Å²) in [5.41, 5.74) is -3.32. The Balaban J connectivity index is 1.26. The molecule has 2 bridgehead atoms. The molecule has 39 heavy (non-hydrogen) atoms. The van der Waals surface area contributed by atoms with Gasteiger partial charge >= 0.3 is 11.9 Å². The summed E-state index contributed by atoms with van der Waals surface area (Å²) < 4.78 is 23.9. The van der Waals surface area contributed by atoms with E-state index in [4.69, 9.17) is 18.9 Å². The molecule has 0 amide bonds. The van der Waals surface area contributed by atoms with E-state index in [-0.39, 0.29) is 30.6 Å². The van der Waals surface area contributed by atoms with Crippen molar-refractivity contribution in [1.82, 2.24) is 0 Å². The van der Waals surface area contributed by atoms with E-state index in [0.29, 0.717) is 24.2 Å². The number of esters is 2. The van der Waals surface area contributed by atoms with Gasteiger partial charge in [0, 0.05) is 23.8 Å². The molecule has 2 spiro atoms. The van der Waals surface area contributed by atoms with Crippen molar-refractivity contribution in [2.75, 3.05) is 0 Å². The molecule has 212 valence electrons. The van der Waals surface area contributed by atoms with E-state index in [9.17, 15) is 29.7 Å². The van der Waals surface area contributed by atoms with Crippen molar-refractivity contribution in [2.45, 2.75) is 101 Å². The lowest BCUT2D eigenvalue weighted by Gasteiger charge is -2.40. The van der Waals surface area contributed by atoms with Crippen molar-refractivity contribution < 1.29 is 48.7 Å². The number of ketones is 1. The molecule has 12 atom stereocenters. The molecule has 5 aliphatic heterocycles. The number of ether oxygens (including phenoxy) is 4. The number of carbonyl (C=O) groups excluding carboxylic acids is 3. The average Bonchev–Trinajstić information content (AvgIpc) is 3.11. The van der Waals surface area contributed by atoms with Crippen LogP contribution < -0.4 is 0 Å². The highest BCUT2D eigenvalue weighted by molar-refractivity contribution is 5.93. The number of rotatable bonds is 2. The Bertz CT molecular complexity index is 1270. The smallest absolute Gasteiger partial charge is 0.339 e. The van der Waals surface area contributed by atoms with E-state index >= 15 is 0 Å². The van der Waals surface area contributed by atoms with Crippen LogP contribution in [0.15, 0.2) is 23.5 Å². The second kappa shape index (κ2) is 7.39. The standard InChI is InChI=1S/C29H36O10/c1-12(8-14-9-13(2)23(33)36-14)17-20-26(17,5)6-7-27-11-28-16(10-15(30)18(27)21(32)29(20,35)39-27)25(3,4)37-22(28)19(31)24(34)38-28/h8-9,12,15-20,22,30-31,35H,6-7,10-11H2,1-5H3/b14-8+/t12-,15+,16+,17-,18+,19-,20+,22-,26-,27+,28-,29+/m1/s1. The Kier molecular flexibility index (Phi) is 4.89. The first-order chi connectivity index (χ1) is 18.1. The fraction of sp³-hybridized carbons (Fsp3) is 0.759. The summed E-state index contributed by atoms with van der Waals surface area (Å²) in [5, 5.41) is 34.3. The molecular formula is C29H36O10. The third-order valence-electron chi connectivity index (χ3n) is 11.3. The van der Waals surface area contributed by atoms with Crippen molar-refractivity contribution in [3.63, 3.8) is 0 Å². The van der Waals surface area contributed by atoms with E-state index in [1.54, 1.807) is 13.0 Å². The summed E-state index contributed by atoms with van der Waals surface area (Å²) in [5.74, 6) is -5.63. The topological polar surface area (TPSA) is 149 Å². The molecule has 7 rings (SSSR count). The van der Waals surface area contributed by atoms with Gasteiger partial charge in [-0.2, -0.15) is 0 Å². The fourth-order valence-corrected chi connectivity index (χ4v) is 9.72. The molecule has 0 aromatic heterocycles. The molecule has 5 heterocycles. The van der Waals surface area contributed by atoms with Gasteiger partial charge in [0.1, 0.15) is 17.5 Å². The molecule has 0 aromatic rings. The summed E-state index contributed by atoms with van der Waals surface area (Å²) >= 11 is 0. The Morgan fingerprint density at radius 1 is 1.13 bits per heavy atom. The van der Waals surface area contributed by atoms with Gasteiger partial charge in [0.2, 0.25) is 11.6 Å². The molecule has 0 unspecified atom stereocenters. The Labute approximate surface area is 226 Å². The Morgan fingerprint density at radius 2 is 1.85 bits per heavy atom. The molecular weight excluding hydrogens is 508 g/mol. The number of allylic oxidation sites excluding steroid dienone is 2. The first kappa shape index (κ1) is 25.8. The maximum atomic E-state index is 14.1. The highest BCUT2D eigenvalue weighted by Crippen LogP contribution is 2.75. The first-order valence-electron chi connectivity index (χ1n) is 14.0. The van der Waals surface area contributed by atoms with Crippen molar-refractivity contribution in [3.05, 3.63) is 23.5 Å². The second-order valence-electron chi connectivity index (χ2n) is 13.9. The van der Waals surface area contributed by atoms with Gasteiger partial charge in [-0.1, -0.05) is 13.8 Å². The summed E-state index contributed by atoms with van der Waals surface area (Å²) in [6.07, 6.45) is 1.06. The third-order valence-corrected chi connectivity index (χ3v) is 11.3. The summed E-state index contributed by atoms with van der Waals surface area (Å²) in [6, 6.07) is 0. The minimum atomic E-state index is -2.12. The zero-order valence-corrected chi connectivity index (χ0v) is 22.8. The van der Waals surface area contributed by atoms with E-state index in [1.807, 2.05) is 33.8 Å². The Hall–Kier alpha value is -2.11. The summed E-state index contributed by atoms with van der Waals surface area (Å²) in [6.45, 7) is 9.38. The molecule has 10 nitrogen and oxygen atoms in total. The van der Waals surface area contributed by atoms with E-state index in [1.165, 1.54) is 0 Å².